The third-order valence-electron chi connectivity index (χ3n) is 2.01. The van der Waals surface area contributed by atoms with Gasteiger partial charge < -0.3 is 14.2 Å². The van der Waals surface area contributed by atoms with Crippen LogP contribution in [0, 0.1) is 0 Å². The molecule has 0 aliphatic carbocycles. The SMILES string of the molecule is CCOC(=O)C=CC(=O)OC(Br)C(=O)Oc1ccccc1. The van der Waals surface area contributed by atoms with E-state index in [1.165, 1.54) is 0 Å². The van der Waals surface area contributed by atoms with Crippen LogP contribution >= 0.6 is 15.9 Å². The number of halogens is 1. The van der Waals surface area contributed by atoms with Gasteiger partial charge >= 0.3 is 17.9 Å². The summed E-state index contributed by atoms with van der Waals surface area (Å²) in [7, 11) is 0. The Kier molecular flexibility index (Phi) is 7.17. The predicted molar refractivity (Wildman–Crippen MR) is 76.7 cm³/mol. The number of hydrogen-bond donors (Lipinski definition) is 0. The first-order valence-electron chi connectivity index (χ1n) is 5.99. The van der Waals surface area contributed by atoms with Crippen LogP contribution < -0.4 is 4.74 Å². The fourth-order valence-electron chi connectivity index (χ4n) is 1.17. The summed E-state index contributed by atoms with van der Waals surface area (Å²) in [4.78, 5) is 34.0. The maximum atomic E-state index is 11.6. The van der Waals surface area contributed by atoms with Gasteiger partial charge in [-0.1, -0.05) is 18.2 Å². The molecular formula is C14H13BrO6. The summed E-state index contributed by atoms with van der Waals surface area (Å²) < 4.78 is 14.3. The second kappa shape index (κ2) is 8.91. The summed E-state index contributed by atoms with van der Waals surface area (Å²) in [6.45, 7) is 1.83. The van der Waals surface area contributed by atoms with Gasteiger partial charge in [-0.2, -0.15) is 0 Å². The van der Waals surface area contributed by atoms with E-state index in [9.17, 15) is 14.4 Å². The second-order valence-corrected chi connectivity index (χ2v) is 4.40. The number of benzene rings is 1. The predicted octanol–water partition coefficient (Wildman–Crippen LogP) is 1.98. The Morgan fingerprint density at radius 3 is 2.38 bits per heavy atom. The standard InChI is InChI=1S/C14H13BrO6/c1-2-19-11(16)8-9-12(17)21-13(15)14(18)20-10-6-4-3-5-7-10/h3-9,13H,2H2,1H3. The molecule has 0 saturated carbocycles. The molecule has 0 aliphatic rings. The maximum Gasteiger partial charge on any atom is 0.364 e. The second-order valence-electron chi connectivity index (χ2n) is 3.57. The molecule has 7 heteroatoms. The zero-order valence-electron chi connectivity index (χ0n) is 11.2. The zero-order valence-corrected chi connectivity index (χ0v) is 12.7. The van der Waals surface area contributed by atoms with Crippen molar-refractivity contribution < 1.29 is 28.6 Å². The molecule has 21 heavy (non-hydrogen) atoms. The monoisotopic (exact) mass is 356 g/mol. The van der Waals surface area contributed by atoms with Crippen molar-refractivity contribution in [3.05, 3.63) is 42.5 Å². The number of rotatable bonds is 6. The molecule has 6 nitrogen and oxygen atoms in total. The molecule has 1 rings (SSSR count). The van der Waals surface area contributed by atoms with Crippen LogP contribution in [0.3, 0.4) is 0 Å². The average Bonchev–Trinajstić information content (AvgIpc) is 2.46. The minimum absolute atomic E-state index is 0.197. The van der Waals surface area contributed by atoms with Gasteiger partial charge in [0.05, 0.1) is 6.61 Å². The van der Waals surface area contributed by atoms with Gasteiger partial charge in [0.25, 0.3) is 5.01 Å². The van der Waals surface area contributed by atoms with Crippen molar-refractivity contribution in [2.45, 2.75) is 11.9 Å². The van der Waals surface area contributed by atoms with Crippen LogP contribution in [0.1, 0.15) is 6.92 Å². The Hall–Kier alpha value is -2.15. The highest BCUT2D eigenvalue weighted by Crippen LogP contribution is 2.12. The van der Waals surface area contributed by atoms with Gasteiger partial charge in [-0.05, 0) is 35.0 Å². The molecule has 0 bridgehead atoms. The molecule has 1 unspecified atom stereocenters. The van der Waals surface area contributed by atoms with E-state index in [0.717, 1.165) is 12.2 Å². The van der Waals surface area contributed by atoms with Crippen molar-refractivity contribution in [1.29, 1.82) is 0 Å². The molecule has 0 fully saturated rings. The van der Waals surface area contributed by atoms with Crippen LogP contribution in [0.2, 0.25) is 0 Å². The van der Waals surface area contributed by atoms with Gasteiger partial charge in [-0.15, -0.1) is 0 Å². The first-order chi connectivity index (χ1) is 10.0. The first-order valence-corrected chi connectivity index (χ1v) is 6.90. The molecule has 1 aromatic rings. The summed E-state index contributed by atoms with van der Waals surface area (Å²) in [5, 5.41) is -1.28. The van der Waals surface area contributed by atoms with E-state index in [4.69, 9.17) is 9.47 Å². The fourth-order valence-corrected chi connectivity index (χ4v) is 1.44. The Balaban J connectivity index is 2.45. The Bertz CT molecular complexity index is 526. The fraction of sp³-hybridized carbons (Fsp3) is 0.214. The number of carbonyl (C=O) groups excluding carboxylic acids is 3. The van der Waals surface area contributed by atoms with Crippen LogP contribution in [0.15, 0.2) is 42.5 Å². The lowest BCUT2D eigenvalue weighted by Gasteiger charge is -2.09. The van der Waals surface area contributed by atoms with Crippen LogP contribution in [-0.4, -0.2) is 29.5 Å². The Morgan fingerprint density at radius 1 is 1.14 bits per heavy atom. The molecule has 112 valence electrons. The van der Waals surface area contributed by atoms with Crippen molar-refractivity contribution in [1.82, 2.24) is 0 Å². The number of alkyl halides is 1. The quantitative estimate of drug-likeness (QED) is 0.335. The molecule has 0 saturated heterocycles. The van der Waals surface area contributed by atoms with Crippen LogP contribution in [0.5, 0.6) is 5.75 Å². The van der Waals surface area contributed by atoms with Crippen LogP contribution in [0.4, 0.5) is 0 Å². The molecule has 1 atom stereocenters. The van der Waals surface area contributed by atoms with Gasteiger partial charge in [0.2, 0.25) is 0 Å². The number of esters is 3. The summed E-state index contributed by atoms with van der Waals surface area (Å²) in [5.41, 5.74) is 0. The molecule has 0 N–H and O–H groups in total. The summed E-state index contributed by atoms with van der Waals surface area (Å²) >= 11 is 2.87. The topological polar surface area (TPSA) is 78.9 Å². The highest BCUT2D eigenvalue weighted by Gasteiger charge is 2.20. The molecule has 1 aromatic carbocycles. The van der Waals surface area contributed by atoms with Crippen LogP contribution in [0.25, 0.3) is 0 Å². The minimum atomic E-state index is -1.28. The number of ether oxygens (including phenoxy) is 3. The summed E-state index contributed by atoms with van der Waals surface area (Å²) in [6, 6.07) is 8.32. The van der Waals surface area contributed by atoms with Crippen molar-refractivity contribution in [2.24, 2.45) is 0 Å². The Morgan fingerprint density at radius 2 is 1.76 bits per heavy atom. The third kappa shape index (κ3) is 6.71. The maximum absolute atomic E-state index is 11.6. The number of carbonyl (C=O) groups is 3. The average molecular weight is 357 g/mol. The summed E-state index contributed by atoms with van der Waals surface area (Å²) in [5.74, 6) is -2.02. The largest absolute Gasteiger partial charge is 0.463 e. The normalized spacial score (nSPS) is 11.7. The van der Waals surface area contributed by atoms with Crippen molar-refractivity contribution in [3.8, 4) is 5.75 Å². The zero-order chi connectivity index (χ0) is 15.7. The van der Waals surface area contributed by atoms with E-state index in [-0.39, 0.29) is 6.61 Å². The number of para-hydroxylation sites is 1. The van der Waals surface area contributed by atoms with E-state index >= 15 is 0 Å². The number of hydrogen-bond acceptors (Lipinski definition) is 6. The van der Waals surface area contributed by atoms with Gasteiger partial charge in [0.15, 0.2) is 0 Å². The lowest BCUT2D eigenvalue weighted by atomic mass is 10.3. The van der Waals surface area contributed by atoms with Gasteiger partial charge in [0, 0.05) is 12.2 Å². The molecule has 0 amide bonds. The van der Waals surface area contributed by atoms with Gasteiger partial charge in [-0.25, -0.2) is 14.4 Å². The lowest BCUT2D eigenvalue weighted by Crippen LogP contribution is -2.25. The van der Waals surface area contributed by atoms with Crippen molar-refractivity contribution in [3.63, 3.8) is 0 Å². The van der Waals surface area contributed by atoms with E-state index in [1.807, 2.05) is 0 Å². The first kappa shape index (κ1) is 16.9. The van der Waals surface area contributed by atoms with E-state index in [0.29, 0.717) is 5.75 Å². The third-order valence-corrected chi connectivity index (χ3v) is 2.57. The van der Waals surface area contributed by atoms with E-state index < -0.39 is 22.9 Å². The van der Waals surface area contributed by atoms with Crippen molar-refractivity contribution in [2.75, 3.05) is 6.61 Å². The van der Waals surface area contributed by atoms with Gasteiger partial charge in [-0.3, -0.25) is 0 Å². The highest BCUT2D eigenvalue weighted by molar-refractivity contribution is 9.09. The van der Waals surface area contributed by atoms with Crippen molar-refractivity contribution >= 4 is 33.8 Å². The molecule has 0 heterocycles. The summed E-state index contributed by atoms with van der Waals surface area (Å²) in [6.07, 6.45) is 1.77. The molecule has 0 aromatic heterocycles. The minimum Gasteiger partial charge on any atom is -0.463 e. The highest BCUT2D eigenvalue weighted by atomic mass is 79.9. The molecule has 0 aliphatic heterocycles. The van der Waals surface area contributed by atoms with E-state index in [2.05, 4.69) is 20.7 Å². The molecule has 0 spiro atoms. The molecule has 0 radical (unpaired) electrons. The van der Waals surface area contributed by atoms with Crippen LogP contribution in [-0.2, 0) is 23.9 Å². The molecular weight excluding hydrogens is 344 g/mol. The lowest BCUT2D eigenvalue weighted by molar-refractivity contribution is -0.152. The van der Waals surface area contributed by atoms with Gasteiger partial charge in [0.1, 0.15) is 5.75 Å². The Labute approximate surface area is 129 Å². The van der Waals surface area contributed by atoms with E-state index in [1.54, 1.807) is 37.3 Å². The smallest absolute Gasteiger partial charge is 0.364 e.